The smallest absolute Gasteiger partial charge is 0.305 e. The monoisotopic (exact) mass is 425 g/mol. The molecule has 4 nitrogen and oxygen atoms in total. The van der Waals surface area contributed by atoms with Gasteiger partial charge in [0.2, 0.25) is 0 Å². The van der Waals surface area contributed by atoms with Gasteiger partial charge < -0.3 is 9.84 Å². The van der Waals surface area contributed by atoms with Crippen LogP contribution in [0.3, 0.4) is 0 Å². The SMILES string of the molecule is COC(=O)CCCC=CCC1C(Cl)CCN1CCCC(O)C1(CC2CC2)CCC1. The van der Waals surface area contributed by atoms with Gasteiger partial charge in [0, 0.05) is 12.5 Å². The first-order chi connectivity index (χ1) is 14.0. The third-order valence-electron chi connectivity index (χ3n) is 7.47. The summed E-state index contributed by atoms with van der Waals surface area (Å²) in [6, 6.07) is 0.398. The summed E-state index contributed by atoms with van der Waals surface area (Å²) < 4.78 is 4.67. The van der Waals surface area contributed by atoms with Crippen molar-refractivity contribution in [1.82, 2.24) is 4.90 Å². The molecule has 0 bridgehead atoms. The van der Waals surface area contributed by atoms with E-state index in [4.69, 9.17) is 11.6 Å². The van der Waals surface area contributed by atoms with E-state index in [0.717, 1.165) is 57.5 Å². The Hall–Kier alpha value is -0.580. The standard InChI is InChI=1S/C24H40ClNO3/c1-29-23(28)10-5-3-2-4-8-21-20(25)13-17-26(21)16-6-9-22(27)24(14-7-15-24)18-19-11-12-19/h2,4,19-22,27H,3,5-18H2,1H3. The van der Waals surface area contributed by atoms with Gasteiger partial charge in [-0.2, -0.15) is 0 Å². The van der Waals surface area contributed by atoms with E-state index in [1.54, 1.807) is 0 Å². The number of aliphatic hydroxyl groups excluding tert-OH is 1. The molecule has 3 atom stereocenters. The second kappa shape index (κ2) is 11.2. The maximum atomic E-state index is 11.1. The summed E-state index contributed by atoms with van der Waals surface area (Å²) in [5, 5.41) is 11.1. The van der Waals surface area contributed by atoms with Crippen LogP contribution in [-0.2, 0) is 9.53 Å². The molecule has 166 valence electrons. The van der Waals surface area contributed by atoms with Crippen LogP contribution in [0.5, 0.6) is 0 Å². The number of carbonyl (C=O) groups is 1. The van der Waals surface area contributed by atoms with Crippen molar-refractivity contribution >= 4 is 17.6 Å². The van der Waals surface area contributed by atoms with Crippen molar-refractivity contribution in [3.8, 4) is 0 Å². The van der Waals surface area contributed by atoms with Gasteiger partial charge in [-0.1, -0.05) is 31.4 Å². The molecule has 0 spiro atoms. The van der Waals surface area contributed by atoms with Gasteiger partial charge >= 0.3 is 5.97 Å². The fraction of sp³-hybridized carbons (Fsp3) is 0.875. The Morgan fingerprint density at radius 2 is 2.07 bits per heavy atom. The number of likely N-dealkylation sites (tertiary alicyclic amines) is 1. The Labute approximate surface area is 182 Å². The van der Waals surface area contributed by atoms with Gasteiger partial charge in [0.1, 0.15) is 0 Å². The molecule has 1 N–H and O–H groups in total. The Morgan fingerprint density at radius 1 is 1.28 bits per heavy atom. The van der Waals surface area contributed by atoms with E-state index in [1.165, 1.54) is 45.6 Å². The summed E-state index contributed by atoms with van der Waals surface area (Å²) in [5.41, 5.74) is 0.257. The number of hydrogen-bond acceptors (Lipinski definition) is 4. The van der Waals surface area contributed by atoms with Crippen molar-refractivity contribution in [2.24, 2.45) is 11.3 Å². The van der Waals surface area contributed by atoms with Crippen molar-refractivity contribution in [1.29, 1.82) is 0 Å². The predicted octanol–water partition coefficient (Wildman–Crippen LogP) is 5.07. The first-order valence-corrected chi connectivity index (χ1v) is 12.3. The van der Waals surface area contributed by atoms with Crippen LogP contribution in [0.4, 0.5) is 0 Å². The van der Waals surface area contributed by atoms with Crippen LogP contribution < -0.4 is 0 Å². The summed E-state index contributed by atoms with van der Waals surface area (Å²) in [5.74, 6) is 0.772. The van der Waals surface area contributed by atoms with Gasteiger partial charge in [0.05, 0.1) is 18.6 Å². The number of halogens is 1. The predicted molar refractivity (Wildman–Crippen MR) is 118 cm³/mol. The molecule has 1 aliphatic heterocycles. The highest BCUT2D eigenvalue weighted by atomic mass is 35.5. The molecule has 3 unspecified atom stereocenters. The van der Waals surface area contributed by atoms with E-state index in [0.29, 0.717) is 12.5 Å². The average molecular weight is 426 g/mol. The molecule has 29 heavy (non-hydrogen) atoms. The molecule has 1 saturated heterocycles. The second-order valence-corrected chi connectivity index (χ2v) is 10.2. The lowest BCUT2D eigenvalue weighted by Crippen LogP contribution is -2.42. The van der Waals surface area contributed by atoms with Crippen LogP contribution >= 0.6 is 11.6 Å². The molecule has 0 radical (unpaired) electrons. The van der Waals surface area contributed by atoms with Crippen molar-refractivity contribution < 1.29 is 14.6 Å². The molecule has 3 rings (SSSR count). The number of esters is 1. The van der Waals surface area contributed by atoms with E-state index in [9.17, 15) is 9.90 Å². The summed E-state index contributed by atoms with van der Waals surface area (Å²) >= 11 is 6.60. The maximum absolute atomic E-state index is 11.1. The van der Waals surface area contributed by atoms with Crippen molar-refractivity contribution in [3.63, 3.8) is 0 Å². The first kappa shape index (κ1) is 23.1. The van der Waals surface area contributed by atoms with Gasteiger partial charge in [0.15, 0.2) is 0 Å². The van der Waals surface area contributed by atoms with E-state index >= 15 is 0 Å². The van der Waals surface area contributed by atoms with E-state index in [1.807, 2.05) is 0 Å². The highest BCUT2D eigenvalue weighted by Gasteiger charge is 2.46. The summed E-state index contributed by atoms with van der Waals surface area (Å²) in [4.78, 5) is 13.7. The topological polar surface area (TPSA) is 49.8 Å². The number of alkyl halides is 1. The van der Waals surface area contributed by atoms with Gasteiger partial charge in [-0.15, -0.1) is 11.6 Å². The minimum absolute atomic E-state index is 0.112. The largest absolute Gasteiger partial charge is 0.469 e. The minimum Gasteiger partial charge on any atom is -0.469 e. The molecule has 0 aromatic carbocycles. The molecule has 0 amide bonds. The van der Waals surface area contributed by atoms with Crippen LogP contribution in [0.2, 0.25) is 0 Å². The highest BCUT2D eigenvalue weighted by molar-refractivity contribution is 6.21. The van der Waals surface area contributed by atoms with Gasteiger partial charge in [-0.3, -0.25) is 9.69 Å². The molecule has 0 aromatic heterocycles. The maximum Gasteiger partial charge on any atom is 0.305 e. The third-order valence-corrected chi connectivity index (χ3v) is 7.98. The Kier molecular flexibility index (Phi) is 8.88. The number of aliphatic hydroxyl groups is 1. The molecule has 2 saturated carbocycles. The number of ether oxygens (including phenoxy) is 1. The minimum atomic E-state index is -0.135. The van der Waals surface area contributed by atoms with Crippen LogP contribution in [0.25, 0.3) is 0 Å². The summed E-state index contributed by atoms with van der Waals surface area (Å²) in [7, 11) is 1.44. The quantitative estimate of drug-likeness (QED) is 0.194. The van der Waals surface area contributed by atoms with Gasteiger partial charge in [0.25, 0.3) is 0 Å². The number of unbranched alkanes of at least 4 members (excludes halogenated alkanes) is 1. The lowest BCUT2D eigenvalue weighted by molar-refractivity contribution is -0.140. The van der Waals surface area contributed by atoms with Crippen LogP contribution in [0.1, 0.15) is 83.5 Å². The van der Waals surface area contributed by atoms with Crippen molar-refractivity contribution in [2.45, 2.75) is 101 Å². The fourth-order valence-corrected chi connectivity index (χ4v) is 5.63. The first-order valence-electron chi connectivity index (χ1n) is 11.8. The van der Waals surface area contributed by atoms with Crippen LogP contribution in [-0.4, -0.2) is 53.7 Å². The zero-order valence-electron chi connectivity index (χ0n) is 18.2. The molecule has 5 heteroatoms. The molecular weight excluding hydrogens is 386 g/mol. The number of nitrogens with zero attached hydrogens (tertiary/aromatic N) is 1. The lowest BCUT2D eigenvalue weighted by Gasteiger charge is -2.46. The van der Waals surface area contributed by atoms with Gasteiger partial charge in [-0.05, 0) is 82.2 Å². The van der Waals surface area contributed by atoms with E-state index in [2.05, 4.69) is 21.8 Å². The van der Waals surface area contributed by atoms with Crippen molar-refractivity contribution in [3.05, 3.63) is 12.2 Å². The molecular formula is C24H40ClNO3. The molecule has 0 aromatic rings. The Bertz CT molecular complexity index is 544. The van der Waals surface area contributed by atoms with Gasteiger partial charge in [-0.25, -0.2) is 0 Å². The number of methoxy groups -OCH3 is 1. The van der Waals surface area contributed by atoms with E-state index in [-0.39, 0.29) is 22.9 Å². The number of carbonyl (C=O) groups excluding carboxylic acids is 1. The van der Waals surface area contributed by atoms with Crippen LogP contribution in [0.15, 0.2) is 12.2 Å². The Morgan fingerprint density at radius 3 is 2.72 bits per heavy atom. The lowest BCUT2D eigenvalue weighted by atomic mass is 9.61. The molecule has 3 fully saturated rings. The number of hydrogen-bond donors (Lipinski definition) is 1. The number of allylic oxidation sites excluding steroid dienone is 1. The zero-order valence-corrected chi connectivity index (χ0v) is 18.9. The zero-order chi connectivity index (χ0) is 20.7. The third kappa shape index (κ3) is 6.70. The number of rotatable bonds is 13. The molecule has 2 aliphatic carbocycles. The summed E-state index contributed by atoms with van der Waals surface area (Å²) in [6.45, 7) is 2.11. The summed E-state index contributed by atoms with van der Waals surface area (Å²) in [6.07, 6.45) is 18.4. The molecule has 1 heterocycles. The van der Waals surface area contributed by atoms with Crippen molar-refractivity contribution in [2.75, 3.05) is 20.2 Å². The average Bonchev–Trinajstić information content (AvgIpc) is 3.44. The normalized spacial score (nSPS) is 27.8. The fourth-order valence-electron chi connectivity index (χ4n) is 5.27. The van der Waals surface area contributed by atoms with Crippen LogP contribution in [0, 0.1) is 11.3 Å². The molecule has 3 aliphatic rings. The highest BCUT2D eigenvalue weighted by Crippen LogP contribution is 2.53. The second-order valence-electron chi connectivity index (χ2n) is 9.60. The Balaban J connectivity index is 1.35. The van der Waals surface area contributed by atoms with E-state index < -0.39 is 0 Å².